The zero-order valence-electron chi connectivity index (χ0n) is 8.60. The van der Waals surface area contributed by atoms with Gasteiger partial charge in [-0.2, -0.15) is 4.98 Å². The lowest BCUT2D eigenvalue weighted by molar-refractivity contribution is 0.259. The molecule has 2 atom stereocenters. The molecule has 3 N–H and O–H groups in total. The summed E-state index contributed by atoms with van der Waals surface area (Å²) < 4.78 is 5.00. The minimum atomic E-state index is -0.356. The first kappa shape index (κ1) is 11.1. The van der Waals surface area contributed by atoms with Crippen molar-refractivity contribution in [2.45, 2.75) is 38.6 Å². The fourth-order valence-corrected chi connectivity index (χ4v) is 1.04. The lowest BCUT2D eigenvalue weighted by atomic mass is 10.1. The normalized spacial score (nSPS) is 15.4. The summed E-state index contributed by atoms with van der Waals surface area (Å²) in [4.78, 5) is 4.19. The summed E-state index contributed by atoms with van der Waals surface area (Å²) in [6, 6.07) is -0.356. The highest BCUT2D eigenvalue weighted by atomic mass is 16.5. The molecule has 0 aliphatic rings. The second-order valence-corrected chi connectivity index (χ2v) is 3.42. The van der Waals surface area contributed by atoms with E-state index in [1.54, 1.807) is 0 Å². The smallest absolute Gasteiger partial charge is 0.243 e. The Morgan fingerprint density at radius 3 is 2.86 bits per heavy atom. The van der Waals surface area contributed by atoms with Crippen molar-refractivity contribution in [1.82, 2.24) is 10.1 Å². The van der Waals surface area contributed by atoms with Gasteiger partial charge in [0.25, 0.3) is 0 Å². The van der Waals surface area contributed by atoms with Gasteiger partial charge in [-0.05, 0) is 12.8 Å². The maximum absolute atomic E-state index is 8.69. The third kappa shape index (κ3) is 2.52. The molecule has 1 rings (SSSR count). The van der Waals surface area contributed by atoms with E-state index in [1.165, 1.54) is 0 Å². The minimum absolute atomic E-state index is 0.0300. The highest BCUT2D eigenvalue weighted by molar-refractivity contribution is 4.96. The predicted octanol–water partition coefficient (Wildman–Crippen LogP) is 0.965. The lowest BCUT2D eigenvalue weighted by Gasteiger charge is -2.02. The molecule has 0 aliphatic heterocycles. The fraction of sp³-hybridized carbons (Fsp3) is 0.778. The van der Waals surface area contributed by atoms with Crippen LogP contribution in [0.4, 0.5) is 0 Å². The molecule has 0 amide bonds. The van der Waals surface area contributed by atoms with Gasteiger partial charge in [-0.1, -0.05) is 19.0 Å². The second kappa shape index (κ2) is 5.07. The number of rotatable bonds is 5. The SMILES string of the molecule is CCC(C)c1noc(C(N)CCO)n1. The summed E-state index contributed by atoms with van der Waals surface area (Å²) in [5.74, 6) is 1.39. The Morgan fingerprint density at radius 2 is 2.29 bits per heavy atom. The highest BCUT2D eigenvalue weighted by Crippen LogP contribution is 2.18. The van der Waals surface area contributed by atoms with Crippen molar-refractivity contribution in [3.05, 3.63) is 11.7 Å². The van der Waals surface area contributed by atoms with E-state index in [0.717, 1.165) is 6.42 Å². The van der Waals surface area contributed by atoms with Gasteiger partial charge in [0.2, 0.25) is 5.89 Å². The molecule has 1 aromatic rings. The number of hydrogen-bond acceptors (Lipinski definition) is 5. The minimum Gasteiger partial charge on any atom is -0.396 e. The molecule has 0 bridgehead atoms. The van der Waals surface area contributed by atoms with Crippen LogP contribution >= 0.6 is 0 Å². The zero-order chi connectivity index (χ0) is 10.6. The van der Waals surface area contributed by atoms with Gasteiger partial charge in [0.15, 0.2) is 5.82 Å². The van der Waals surface area contributed by atoms with Crippen molar-refractivity contribution in [3.63, 3.8) is 0 Å². The molecule has 0 saturated heterocycles. The third-order valence-corrected chi connectivity index (χ3v) is 2.27. The summed E-state index contributed by atoms with van der Waals surface area (Å²) in [7, 11) is 0. The van der Waals surface area contributed by atoms with Gasteiger partial charge < -0.3 is 15.4 Å². The molecule has 0 spiro atoms. The average Bonchev–Trinajstić information content (AvgIpc) is 2.66. The summed E-state index contributed by atoms with van der Waals surface area (Å²) >= 11 is 0. The standard InChI is InChI=1S/C9H17N3O2/c1-3-6(2)8-11-9(14-12-8)7(10)4-5-13/h6-7,13H,3-5,10H2,1-2H3. The first-order valence-corrected chi connectivity index (χ1v) is 4.89. The van der Waals surface area contributed by atoms with Gasteiger partial charge in [0.1, 0.15) is 0 Å². The van der Waals surface area contributed by atoms with Crippen LogP contribution in [0.1, 0.15) is 50.4 Å². The van der Waals surface area contributed by atoms with Gasteiger partial charge in [-0.3, -0.25) is 0 Å². The molecule has 0 radical (unpaired) electrons. The van der Waals surface area contributed by atoms with E-state index >= 15 is 0 Å². The molecule has 80 valence electrons. The highest BCUT2D eigenvalue weighted by Gasteiger charge is 2.16. The molecule has 0 aliphatic carbocycles. The molecule has 0 fully saturated rings. The van der Waals surface area contributed by atoms with Crippen molar-refractivity contribution in [2.24, 2.45) is 5.73 Å². The Kier molecular flexibility index (Phi) is 4.03. The van der Waals surface area contributed by atoms with Crippen LogP contribution in [0, 0.1) is 0 Å². The molecule has 14 heavy (non-hydrogen) atoms. The summed E-state index contributed by atoms with van der Waals surface area (Å²) in [5.41, 5.74) is 5.70. The van der Waals surface area contributed by atoms with Crippen molar-refractivity contribution < 1.29 is 9.63 Å². The van der Waals surface area contributed by atoms with Crippen LogP contribution < -0.4 is 5.73 Å². The van der Waals surface area contributed by atoms with Crippen molar-refractivity contribution >= 4 is 0 Å². The monoisotopic (exact) mass is 199 g/mol. The van der Waals surface area contributed by atoms with Crippen LogP contribution in [0.5, 0.6) is 0 Å². The predicted molar refractivity (Wildman–Crippen MR) is 51.6 cm³/mol. The quantitative estimate of drug-likeness (QED) is 0.737. The molecular formula is C9H17N3O2. The maximum Gasteiger partial charge on any atom is 0.243 e. The summed E-state index contributed by atoms with van der Waals surface area (Å²) in [6.45, 7) is 4.13. The summed E-state index contributed by atoms with van der Waals surface area (Å²) in [5, 5.41) is 12.5. The first-order chi connectivity index (χ1) is 6.69. The van der Waals surface area contributed by atoms with Gasteiger partial charge >= 0.3 is 0 Å². The average molecular weight is 199 g/mol. The van der Waals surface area contributed by atoms with Crippen molar-refractivity contribution in [2.75, 3.05) is 6.61 Å². The first-order valence-electron chi connectivity index (χ1n) is 4.89. The van der Waals surface area contributed by atoms with E-state index in [9.17, 15) is 0 Å². The molecule has 0 saturated carbocycles. The molecular weight excluding hydrogens is 182 g/mol. The topological polar surface area (TPSA) is 85.2 Å². The van der Waals surface area contributed by atoms with Crippen molar-refractivity contribution in [3.8, 4) is 0 Å². The number of aliphatic hydroxyl groups is 1. The molecule has 2 unspecified atom stereocenters. The van der Waals surface area contributed by atoms with E-state index in [4.69, 9.17) is 15.4 Å². The van der Waals surface area contributed by atoms with Crippen LogP contribution in [0.2, 0.25) is 0 Å². The number of hydrogen-bond donors (Lipinski definition) is 2. The molecule has 1 heterocycles. The largest absolute Gasteiger partial charge is 0.396 e. The van der Waals surface area contributed by atoms with E-state index < -0.39 is 0 Å². The van der Waals surface area contributed by atoms with Crippen molar-refractivity contribution in [1.29, 1.82) is 0 Å². The Balaban J connectivity index is 2.67. The number of aliphatic hydroxyl groups excluding tert-OH is 1. The lowest BCUT2D eigenvalue weighted by Crippen LogP contribution is -2.12. The molecule has 0 aromatic carbocycles. The Bertz CT molecular complexity index is 275. The fourth-order valence-electron chi connectivity index (χ4n) is 1.04. The number of aromatic nitrogens is 2. The van der Waals surface area contributed by atoms with Gasteiger partial charge in [-0.25, -0.2) is 0 Å². The number of nitrogens with zero attached hydrogens (tertiary/aromatic N) is 2. The Hall–Kier alpha value is -0.940. The molecule has 1 aromatic heterocycles. The van der Waals surface area contributed by atoms with Crippen LogP contribution in [0.25, 0.3) is 0 Å². The van der Waals surface area contributed by atoms with Gasteiger partial charge in [0, 0.05) is 12.5 Å². The summed E-state index contributed by atoms with van der Waals surface area (Å²) in [6.07, 6.45) is 1.41. The molecule has 5 heteroatoms. The van der Waals surface area contributed by atoms with Crippen LogP contribution in [0.15, 0.2) is 4.52 Å². The molecule has 5 nitrogen and oxygen atoms in total. The van der Waals surface area contributed by atoms with Gasteiger partial charge in [-0.15, -0.1) is 0 Å². The zero-order valence-corrected chi connectivity index (χ0v) is 8.60. The van der Waals surface area contributed by atoms with E-state index in [0.29, 0.717) is 18.1 Å². The van der Waals surface area contributed by atoms with E-state index in [1.807, 2.05) is 6.92 Å². The number of nitrogens with two attached hydrogens (primary N) is 1. The van der Waals surface area contributed by atoms with Crippen LogP contribution in [-0.4, -0.2) is 21.9 Å². The Morgan fingerprint density at radius 1 is 1.57 bits per heavy atom. The van der Waals surface area contributed by atoms with E-state index in [2.05, 4.69) is 17.1 Å². The van der Waals surface area contributed by atoms with E-state index in [-0.39, 0.29) is 18.6 Å². The maximum atomic E-state index is 8.69. The van der Waals surface area contributed by atoms with Gasteiger partial charge in [0.05, 0.1) is 6.04 Å². The van der Waals surface area contributed by atoms with Crippen LogP contribution in [-0.2, 0) is 0 Å². The van der Waals surface area contributed by atoms with Crippen LogP contribution in [0.3, 0.4) is 0 Å². The Labute approximate surface area is 83.3 Å². The third-order valence-electron chi connectivity index (χ3n) is 2.27. The second-order valence-electron chi connectivity index (χ2n) is 3.42.